The third kappa shape index (κ3) is 7.67. The molecule has 1 aliphatic rings. The minimum absolute atomic E-state index is 0.00218. The first-order chi connectivity index (χ1) is 16.8. The van der Waals surface area contributed by atoms with Gasteiger partial charge in [0, 0.05) is 5.92 Å². The van der Waals surface area contributed by atoms with E-state index in [0.29, 0.717) is 23.0 Å². The second-order valence-corrected chi connectivity index (χ2v) is 10.0. The van der Waals surface area contributed by atoms with Crippen LogP contribution in [0.4, 0.5) is 0 Å². The highest BCUT2D eigenvalue weighted by Crippen LogP contribution is 2.40. The molecule has 1 saturated carbocycles. The van der Waals surface area contributed by atoms with Crippen molar-refractivity contribution in [3.05, 3.63) is 71.8 Å². The van der Waals surface area contributed by atoms with Crippen LogP contribution < -0.4 is 0 Å². The molecule has 0 aliphatic heterocycles. The van der Waals surface area contributed by atoms with Crippen LogP contribution in [-0.4, -0.2) is 37.0 Å². The molecule has 0 heterocycles. The lowest BCUT2D eigenvalue weighted by molar-refractivity contribution is -0.0321. The molecule has 2 aromatic carbocycles. The molecule has 0 N–H and O–H groups in total. The molecule has 6 nitrogen and oxygen atoms in total. The highest BCUT2D eigenvalue weighted by atomic mass is 16.7. The summed E-state index contributed by atoms with van der Waals surface area (Å²) in [5.41, 5.74) is 2.05. The van der Waals surface area contributed by atoms with E-state index in [1.807, 2.05) is 12.1 Å². The lowest BCUT2D eigenvalue weighted by Crippen LogP contribution is -2.36. The summed E-state index contributed by atoms with van der Waals surface area (Å²) in [4.78, 5) is 30.8. The minimum atomic E-state index is -0.793. The molecule has 0 amide bonds. The first-order valence-electron chi connectivity index (χ1n) is 12.5. The summed E-state index contributed by atoms with van der Waals surface area (Å²) in [7, 11) is 0. The third-order valence-corrected chi connectivity index (χ3v) is 6.90. The van der Waals surface area contributed by atoms with Gasteiger partial charge < -0.3 is 14.3 Å². The largest absolute Gasteiger partial charge is 0.458 e. The number of hydrogen-bond donors (Lipinski definition) is 0. The number of rotatable bonds is 10. The molecule has 35 heavy (non-hydrogen) atoms. The lowest BCUT2D eigenvalue weighted by Gasteiger charge is -2.38. The molecule has 188 valence electrons. The van der Waals surface area contributed by atoms with Crippen LogP contribution in [0.3, 0.4) is 0 Å². The highest BCUT2D eigenvalue weighted by Gasteiger charge is 2.36. The zero-order valence-electron chi connectivity index (χ0n) is 21.2. The molecule has 1 aliphatic carbocycles. The summed E-state index contributed by atoms with van der Waals surface area (Å²) in [6.07, 6.45) is 3.42. The zero-order chi connectivity index (χ0) is 25.3. The van der Waals surface area contributed by atoms with E-state index in [4.69, 9.17) is 14.3 Å². The number of carbonyl (C=O) groups is 2. The van der Waals surface area contributed by atoms with E-state index in [1.165, 1.54) is 6.42 Å². The highest BCUT2D eigenvalue weighted by molar-refractivity contribution is 5.90. The van der Waals surface area contributed by atoms with E-state index in [2.05, 4.69) is 32.9 Å². The average molecular weight is 480 g/mol. The number of hydrogen-bond acceptors (Lipinski definition) is 6. The van der Waals surface area contributed by atoms with Crippen LogP contribution in [0.25, 0.3) is 0 Å². The number of nitrogens with zero attached hydrogens (tertiary/aromatic N) is 1. The Balaban J connectivity index is 1.68. The molecule has 0 bridgehead atoms. The maximum Gasteiger partial charge on any atom is 0.338 e. The third-order valence-electron chi connectivity index (χ3n) is 6.90. The second-order valence-electron chi connectivity index (χ2n) is 10.0. The minimum Gasteiger partial charge on any atom is -0.458 e. The Morgan fingerprint density at radius 2 is 1.54 bits per heavy atom. The molecule has 2 aromatic rings. The van der Waals surface area contributed by atoms with Gasteiger partial charge in [0.25, 0.3) is 0 Å². The van der Waals surface area contributed by atoms with Crippen LogP contribution in [0.15, 0.2) is 65.8 Å². The van der Waals surface area contributed by atoms with Gasteiger partial charge in [-0.2, -0.15) is 0 Å². The molecule has 1 unspecified atom stereocenters. The van der Waals surface area contributed by atoms with Gasteiger partial charge in [-0.05, 0) is 54.9 Å². The Morgan fingerprint density at radius 1 is 0.943 bits per heavy atom. The molecule has 3 atom stereocenters. The molecule has 0 spiro atoms. The predicted octanol–water partition coefficient (Wildman–Crippen LogP) is 6.31. The van der Waals surface area contributed by atoms with Gasteiger partial charge in [-0.3, -0.25) is 0 Å². The standard InChI is InChI=1S/C29H37NO5/c1-5-29(3,4)25-17-16-21(2)18-26(25)30-34-20-24(35-28(32)23-14-10-7-11-15-23)19-33-27(31)22-12-8-6-9-13-22/h6-15,21,24-25H,5,16-20H2,1-4H3/b30-26+/t21-,24?,25-/m1/s1. The van der Waals surface area contributed by atoms with E-state index in [9.17, 15) is 9.59 Å². The van der Waals surface area contributed by atoms with Gasteiger partial charge in [0.05, 0.1) is 16.8 Å². The average Bonchev–Trinajstić information content (AvgIpc) is 2.87. The van der Waals surface area contributed by atoms with Gasteiger partial charge in [0.1, 0.15) is 6.61 Å². The second kappa shape index (κ2) is 12.5. The number of benzene rings is 2. The Bertz CT molecular complexity index is 987. The van der Waals surface area contributed by atoms with E-state index in [-0.39, 0.29) is 18.6 Å². The predicted molar refractivity (Wildman–Crippen MR) is 136 cm³/mol. The topological polar surface area (TPSA) is 74.2 Å². The Hall–Kier alpha value is -3.15. The molecule has 6 heteroatoms. The molecule has 3 rings (SSSR count). The van der Waals surface area contributed by atoms with Crippen LogP contribution in [0, 0.1) is 17.3 Å². The van der Waals surface area contributed by atoms with Crippen LogP contribution in [0.2, 0.25) is 0 Å². The quantitative estimate of drug-likeness (QED) is 0.295. The van der Waals surface area contributed by atoms with Crippen molar-refractivity contribution in [1.82, 2.24) is 0 Å². The van der Waals surface area contributed by atoms with Crippen LogP contribution >= 0.6 is 0 Å². The van der Waals surface area contributed by atoms with E-state index >= 15 is 0 Å². The maximum absolute atomic E-state index is 12.6. The van der Waals surface area contributed by atoms with Crippen LogP contribution in [-0.2, 0) is 14.3 Å². The summed E-state index contributed by atoms with van der Waals surface area (Å²) >= 11 is 0. The smallest absolute Gasteiger partial charge is 0.338 e. The van der Waals surface area contributed by atoms with Gasteiger partial charge in [0.15, 0.2) is 12.7 Å². The van der Waals surface area contributed by atoms with Crippen molar-refractivity contribution in [2.75, 3.05) is 13.2 Å². The maximum atomic E-state index is 12.6. The van der Waals surface area contributed by atoms with E-state index in [1.54, 1.807) is 48.5 Å². The first kappa shape index (κ1) is 26.5. The monoisotopic (exact) mass is 479 g/mol. The van der Waals surface area contributed by atoms with Gasteiger partial charge in [-0.25, -0.2) is 9.59 Å². The molecule has 0 aromatic heterocycles. The van der Waals surface area contributed by atoms with Gasteiger partial charge in [-0.1, -0.05) is 75.7 Å². The SMILES string of the molecule is CCC(C)(C)[C@@H]1CC[C@@H](C)C/C1=N\OCC(COC(=O)c1ccccc1)OC(=O)c1ccccc1. The zero-order valence-corrected chi connectivity index (χ0v) is 21.2. The number of esters is 2. The number of carbonyl (C=O) groups excluding carboxylic acids is 2. The molecule has 0 saturated heterocycles. The molecular weight excluding hydrogens is 442 g/mol. The van der Waals surface area contributed by atoms with Crippen molar-refractivity contribution in [2.24, 2.45) is 22.4 Å². The van der Waals surface area contributed by atoms with E-state index < -0.39 is 18.0 Å². The van der Waals surface area contributed by atoms with Crippen molar-refractivity contribution < 1.29 is 23.9 Å². The first-order valence-corrected chi connectivity index (χ1v) is 12.5. The normalized spacial score (nSPS) is 20.2. The number of ether oxygens (including phenoxy) is 2. The van der Waals surface area contributed by atoms with Crippen molar-refractivity contribution in [1.29, 1.82) is 0 Å². The van der Waals surface area contributed by atoms with Crippen molar-refractivity contribution in [2.45, 2.75) is 59.5 Å². The van der Waals surface area contributed by atoms with Crippen LogP contribution in [0.5, 0.6) is 0 Å². The lowest BCUT2D eigenvalue weighted by atomic mass is 9.67. The van der Waals surface area contributed by atoms with Gasteiger partial charge in [-0.15, -0.1) is 0 Å². The fourth-order valence-corrected chi connectivity index (χ4v) is 4.35. The summed E-state index contributed by atoms with van der Waals surface area (Å²) in [6, 6.07) is 17.4. The van der Waals surface area contributed by atoms with Crippen molar-refractivity contribution in [3.63, 3.8) is 0 Å². The fourth-order valence-electron chi connectivity index (χ4n) is 4.35. The summed E-state index contributed by atoms with van der Waals surface area (Å²) in [6.45, 7) is 8.86. The van der Waals surface area contributed by atoms with Crippen molar-refractivity contribution >= 4 is 17.7 Å². The van der Waals surface area contributed by atoms with E-state index in [0.717, 1.165) is 25.0 Å². The number of oxime groups is 1. The van der Waals surface area contributed by atoms with Crippen LogP contribution in [0.1, 0.15) is 74.1 Å². The Labute approximate surface area is 208 Å². The summed E-state index contributed by atoms with van der Waals surface area (Å²) in [5, 5.41) is 4.52. The Kier molecular flexibility index (Phi) is 9.47. The van der Waals surface area contributed by atoms with Gasteiger partial charge in [0.2, 0.25) is 0 Å². The molecule has 1 fully saturated rings. The van der Waals surface area contributed by atoms with Gasteiger partial charge >= 0.3 is 11.9 Å². The summed E-state index contributed by atoms with van der Waals surface area (Å²) in [5.74, 6) is -0.0767. The summed E-state index contributed by atoms with van der Waals surface area (Å²) < 4.78 is 11.1. The Morgan fingerprint density at radius 3 is 2.14 bits per heavy atom. The van der Waals surface area contributed by atoms with Crippen molar-refractivity contribution in [3.8, 4) is 0 Å². The molecular formula is C29H37NO5. The fraction of sp³-hybridized carbons (Fsp3) is 0.483. The molecule has 0 radical (unpaired) electrons.